The van der Waals surface area contributed by atoms with E-state index in [1.165, 1.54) is 29.8 Å². The number of amides is 1. The molecular weight excluding hydrogens is 307 g/mol. The molecule has 122 valence electrons. The molecule has 0 saturated carbocycles. The molecule has 5 nitrogen and oxygen atoms in total. The van der Waals surface area contributed by atoms with E-state index in [9.17, 15) is 9.18 Å². The van der Waals surface area contributed by atoms with E-state index in [4.69, 9.17) is 0 Å². The van der Waals surface area contributed by atoms with E-state index in [2.05, 4.69) is 15.6 Å². The first-order valence-corrected chi connectivity index (χ1v) is 7.52. The van der Waals surface area contributed by atoms with Gasteiger partial charge in [-0.15, -0.1) is 5.10 Å². The molecule has 3 rings (SSSR count). The van der Waals surface area contributed by atoms with Crippen molar-refractivity contribution in [2.75, 3.05) is 5.32 Å². The molecule has 2 aromatic carbocycles. The minimum absolute atomic E-state index is 0.234. The number of rotatable bonds is 3. The van der Waals surface area contributed by atoms with Gasteiger partial charge in [-0.25, -0.2) is 9.07 Å². The molecule has 0 bridgehead atoms. The Hall–Kier alpha value is -3.02. The topological polar surface area (TPSA) is 59.8 Å². The number of aromatic nitrogens is 3. The summed E-state index contributed by atoms with van der Waals surface area (Å²) in [5.74, 6) is -0.737. The Labute approximate surface area is 139 Å². The van der Waals surface area contributed by atoms with E-state index in [-0.39, 0.29) is 17.4 Å². The van der Waals surface area contributed by atoms with Crippen LogP contribution in [0.25, 0.3) is 5.69 Å². The summed E-state index contributed by atoms with van der Waals surface area (Å²) >= 11 is 0. The van der Waals surface area contributed by atoms with E-state index >= 15 is 0 Å². The summed E-state index contributed by atoms with van der Waals surface area (Å²) in [5.41, 5.74) is 4.55. The van der Waals surface area contributed by atoms with Gasteiger partial charge in [0.2, 0.25) is 0 Å². The van der Waals surface area contributed by atoms with Gasteiger partial charge in [-0.2, -0.15) is 0 Å². The van der Waals surface area contributed by atoms with Crippen molar-refractivity contribution in [1.29, 1.82) is 0 Å². The van der Waals surface area contributed by atoms with Crippen LogP contribution in [-0.4, -0.2) is 20.9 Å². The molecule has 0 unspecified atom stereocenters. The maximum absolute atomic E-state index is 12.9. The Kier molecular flexibility index (Phi) is 4.12. The quantitative estimate of drug-likeness (QED) is 0.801. The largest absolute Gasteiger partial charge is 0.321 e. The highest BCUT2D eigenvalue weighted by Crippen LogP contribution is 2.17. The number of hydrogen-bond donors (Lipinski definition) is 1. The van der Waals surface area contributed by atoms with Crippen LogP contribution in [0.3, 0.4) is 0 Å². The molecule has 0 aliphatic heterocycles. The summed E-state index contributed by atoms with van der Waals surface area (Å²) in [7, 11) is 0. The molecule has 6 heteroatoms. The molecule has 3 aromatic rings. The Balaban J connectivity index is 1.87. The van der Waals surface area contributed by atoms with Crippen molar-refractivity contribution < 1.29 is 9.18 Å². The van der Waals surface area contributed by atoms with Crippen molar-refractivity contribution in [1.82, 2.24) is 15.0 Å². The molecule has 0 aliphatic carbocycles. The van der Waals surface area contributed by atoms with Crippen LogP contribution in [-0.2, 0) is 0 Å². The van der Waals surface area contributed by atoms with Crippen LogP contribution >= 0.6 is 0 Å². The second-order valence-electron chi connectivity index (χ2n) is 5.66. The van der Waals surface area contributed by atoms with Gasteiger partial charge in [-0.3, -0.25) is 4.79 Å². The van der Waals surface area contributed by atoms with E-state index < -0.39 is 0 Å². The number of carbonyl (C=O) groups is 1. The Morgan fingerprint density at radius 2 is 1.75 bits per heavy atom. The molecule has 0 spiro atoms. The van der Waals surface area contributed by atoms with Crippen LogP contribution in [0.5, 0.6) is 0 Å². The zero-order valence-corrected chi connectivity index (χ0v) is 13.7. The second kappa shape index (κ2) is 6.23. The molecule has 0 saturated heterocycles. The Morgan fingerprint density at radius 3 is 2.42 bits per heavy atom. The van der Waals surface area contributed by atoms with Crippen LogP contribution in [0.1, 0.15) is 27.3 Å². The average molecular weight is 324 g/mol. The van der Waals surface area contributed by atoms with Crippen molar-refractivity contribution in [3.05, 3.63) is 70.8 Å². The Morgan fingerprint density at radius 1 is 1.04 bits per heavy atom. The van der Waals surface area contributed by atoms with Gasteiger partial charge in [0, 0.05) is 5.69 Å². The number of aryl methyl sites for hydroxylation is 2. The first-order chi connectivity index (χ1) is 11.5. The summed E-state index contributed by atoms with van der Waals surface area (Å²) in [6.07, 6.45) is 0. The maximum atomic E-state index is 12.9. The average Bonchev–Trinajstić information content (AvgIpc) is 2.94. The number of hydrogen-bond acceptors (Lipinski definition) is 3. The van der Waals surface area contributed by atoms with Crippen molar-refractivity contribution >= 4 is 11.6 Å². The van der Waals surface area contributed by atoms with Crippen molar-refractivity contribution in [2.24, 2.45) is 0 Å². The lowest BCUT2D eigenvalue weighted by Gasteiger charge is -2.07. The van der Waals surface area contributed by atoms with E-state index in [0.29, 0.717) is 11.4 Å². The molecule has 0 fully saturated rings. The smallest absolute Gasteiger partial charge is 0.278 e. The SMILES string of the molecule is Cc1ccc(-n2nnc(C(=O)Nc3ccc(F)cc3)c2C)cc1C. The minimum Gasteiger partial charge on any atom is -0.321 e. The highest BCUT2D eigenvalue weighted by molar-refractivity contribution is 6.03. The third-order valence-corrected chi connectivity index (χ3v) is 3.95. The standard InChI is InChI=1S/C18H17FN4O/c1-11-4-9-16(10-12(11)2)23-13(3)17(21-22-23)18(24)20-15-7-5-14(19)6-8-15/h4-10H,1-3H3,(H,20,24). The number of nitrogens with one attached hydrogen (secondary N) is 1. The zero-order valence-electron chi connectivity index (χ0n) is 13.7. The fourth-order valence-electron chi connectivity index (χ4n) is 2.37. The van der Waals surface area contributed by atoms with Gasteiger partial charge in [0.05, 0.1) is 11.4 Å². The predicted octanol–water partition coefficient (Wildman–Crippen LogP) is 3.58. The minimum atomic E-state index is -0.380. The van der Waals surface area contributed by atoms with Crippen LogP contribution in [0.2, 0.25) is 0 Å². The third kappa shape index (κ3) is 3.03. The molecule has 1 amide bonds. The number of nitrogens with zero attached hydrogens (tertiary/aromatic N) is 3. The van der Waals surface area contributed by atoms with Gasteiger partial charge in [0.1, 0.15) is 5.82 Å². The highest BCUT2D eigenvalue weighted by atomic mass is 19.1. The second-order valence-corrected chi connectivity index (χ2v) is 5.66. The van der Waals surface area contributed by atoms with Crippen LogP contribution in [0.4, 0.5) is 10.1 Å². The molecule has 0 aliphatic rings. The van der Waals surface area contributed by atoms with Crippen LogP contribution in [0.15, 0.2) is 42.5 Å². The van der Waals surface area contributed by atoms with Crippen LogP contribution in [0, 0.1) is 26.6 Å². The lowest BCUT2D eigenvalue weighted by molar-refractivity contribution is 0.102. The van der Waals surface area contributed by atoms with Gasteiger partial charge < -0.3 is 5.32 Å². The fourth-order valence-corrected chi connectivity index (χ4v) is 2.37. The number of benzene rings is 2. The summed E-state index contributed by atoms with van der Waals surface area (Å²) in [5, 5.41) is 10.8. The maximum Gasteiger partial charge on any atom is 0.278 e. The molecule has 24 heavy (non-hydrogen) atoms. The van der Waals surface area contributed by atoms with E-state index in [0.717, 1.165) is 11.3 Å². The molecule has 0 radical (unpaired) electrons. The molecule has 1 N–H and O–H groups in total. The van der Waals surface area contributed by atoms with Crippen molar-refractivity contribution in [3.63, 3.8) is 0 Å². The highest BCUT2D eigenvalue weighted by Gasteiger charge is 2.17. The van der Waals surface area contributed by atoms with Gasteiger partial charge in [0.25, 0.3) is 5.91 Å². The molecule has 0 atom stereocenters. The van der Waals surface area contributed by atoms with Gasteiger partial charge >= 0.3 is 0 Å². The van der Waals surface area contributed by atoms with Crippen molar-refractivity contribution in [3.8, 4) is 5.69 Å². The lowest BCUT2D eigenvalue weighted by Crippen LogP contribution is -2.14. The zero-order chi connectivity index (χ0) is 17.3. The lowest BCUT2D eigenvalue weighted by atomic mass is 10.1. The van der Waals surface area contributed by atoms with Gasteiger partial charge in [-0.05, 0) is 68.3 Å². The number of carbonyl (C=O) groups excluding carboxylic acids is 1. The predicted molar refractivity (Wildman–Crippen MR) is 89.9 cm³/mol. The van der Waals surface area contributed by atoms with Gasteiger partial charge in [0.15, 0.2) is 5.69 Å². The number of halogens is 1. The fraction of sp³-hybridized carbons (Fsp3) is 0.167. The first-order valence-electron chi connectivity index (χ1n) is 7.52. The summed E-state index contributed by atoms with van der Waals surface area (Å²) in [4.78, 5) is 12.4. The molecule has 1 aromatic heterocycles. The monoisotopic (exact) mass is 324 g/mol. The number of anilines is 1. The summed E-state index contributed by atoms with van der Waals surface area (Å²) in [6, 6.07) is 11.5. The van der Waals surface area contributed by atoms with Gasteiger partial charge in [-0.1, -0.05) is 11.3 Å². The third-order valence-electron chi connectivity index (χ3n) is 3.95. The molecule has 1 heterocycles. The summed E-state index contributed by atoms with van der Waals surface area (Å²) in [6.45, 7) is 5.84. The van der Waals surface area contributed by atoms with Crippen LogP contribution < -0.4 is 5.32 Å². The van der Waals surface area contributed by atoms with Crippen molar-refractivity contribution in [2.45, 2.75) is 20.8 Å². The Bertz CT molecular complexity index is 900. The van der Waals surface area contributed by atoms with E-state index in [1.54, 1.807) is 11.6 Å². The molecular formula is C18H17FN4O. The van der Waals surface area contributed by atoms with E-state index in [1.807, 2.05) is 32.0 Å². The summed E-state index contributed by atoms with van der Waals surface area (Å²) < 4.78 is 14.6. The normalized spacial score (nSPS) is 10.7. The first kappa shape index (κ1) is 15.9.